The third-order valence-electron chi connectivity index (χ3n) is 4.71. The van der Waals surface area contributed by atoms with Crippen LogP contribution in [0.3, 0.4) is 0 Å². The van der Waals surface area contributed by atoms with Crippen molar-refractivity contribution in [1.82, 2.24) is 0 Å². The zero-order valence-corrected chi connectivity index (χ0v) is 15.2. The molecule has 1 aliphatic rings. The first kappa shape index (κ1) is 17.8. The maximum absolute atomic E-state index is 13.0. The molecule has 0 spiro atoms. The van der Waals surface area contributed by atoms with E-state index in [9.17, 15) is 9.59 Å². The average molecular weight is 372 g/mol. The van der Waals surface area contributed by atoms with Crippen LogP contribution < -0.4 is 10.2 Å². The molecule has 0 aromatic heterocycles. The Kier molecular flexibility index (Phi) is 5.06. The molecule has 0 bridgehead atoms. The van der Waals surface area contributed by atoms with Crippen molar-refractivity contribution in [3.8, 4) is 0 Å². The Morgan fingerprint density at radius 2 is 1.46 bits per heavy atom. The van der Waals surface area contributed by atoms with Crippen LogP contribution in [0.1, 0.15) is 11.1 Å². The van der Waals surface area contributed by atoms with E-state index in [4.69, 9.17) is 4.74 Å². The molecule has 0 fully saturated rings. The molecule has 1 aliphatic heterocycles. The van der Waals surface area contributed by atoms with E-state index in [0.717, 1.165) is 11.1 Å². The minimum atomic E-state index is -0.680. The summed E-state index contributed by atoms with van der Waals surface area (Å²) in [5.41, 5.74) is 3.11. The summed E-state index contributed by atoms with van der Waals surface area (Å²) < 4.78 is 5.55. The van der Waals surface area contributed by atoms with Crippen LogP contribution in [0.2, 0.25) is 0 Å². The molecule has 3 aromatic rings. The van der Waals surface area contributed by atoms with Crippen LogP contribution in [0.4, 0.5) is 16.2 Å². The van der Waals surface area contributed by atoms with E-state index in [2.05, 4.69) is 5.32 Å². The maximum atomic E-state index is 13.0. The molecule has 1 heterocycles. The van der Waals surface area contributed by atoms with Gasteiger partial charge in [0, 0.05) is 6.42 Å². The number of hydrogen-bond donors (Lipinski definition) is 1. The summed E-state index contributed by atoms with van der Waals surface area (Å²) in [6.07, 6.45) is -0.131. The SMILES string of the molecule is O=C1Nc2ccccc2N(C(=O)OCc2ccccc2)C1Cc1ccccc1. The van der Waals surface area contributed by atoms with Gasteiger partial charge < -0.3 is 10.1 Å². The topological polar surface area (TPSA) is 58.6 Å². The second kappa shape index (κ2) is 7.96. The first-order valence-corrected chi connectivity index (χ1v) is 9.16. The first-order chi connectivity index (χ1) is 13.7. The third kappa shape index (κ3) is 3.74. The number of carbonyl (C=O) groups excluding carboxylic acids is 2. The largest absolute Gasteiger partial charge is 0.444 e. The predicted molar refractivity (Wildman–Crippen MR) is 108 cm³/mol. The van der Waals surface area contributed by atoms with Gasteiger partial charge in [0.05, 0.1) is 11.4 Å². The number of nitrogens with one attached hydrogen (secondary N) is 1. The maximum Gasteiger partial charge on any atom is 0.415 e. The van der Waals surface area contributed by atoms with Gasteiger partial charge in [-0.25, -0.2) is 4.79 Å². The lowest BCUT2D eigenvalue weighted by atomic mass is 10.0. The summed E-state index contributed by atoms with van der Waals surface area (Å²) in [7, 11) is 0. The lowest BCUT2D eigenvalue weighted by Gasteiger charge is -2.35. The second-order valence-corrected chi connectivity index (χ2v) is 6.62. The van der Waals surface area contributed by atoms with Gasteiger partial charge in [-0.2, -0.15) is 0 Å². The normalized spacial score (nSPS) is 15.5. The molecule has 0 aliphatic carbocycles. The molecule has 1 atom stereocenters. The number of ether oxygens (including phenoxy) is 1. The molecule has 4 rings (SSSR count). The Bertz CT molecular complexity index is 973. The van der Waals surface area contributed by atoms with Crippen molar-refractivity contribution in [2.75, 3.05) is 10.2 Å². The number of fused-ring (bicyclic) bond motifs is 1. The van der Waals surface area contributed by atoms with Crippen molar-refractivity contribution >= 4 is 23.4 Å². The highest BCUT2D eigenvalue weighted by Gasteiger charge is 2.37. The molecule has 0 radical (unpaired) electrons. The van der Waals surface area contributed by atoms with Gasteiger partial charge in [-0.3, -0.25) is 9.69 Å². The number of hydrogen-bond acceptors (Lipinski definition) is 3. The van der Waals surface area contributed by atoms with Crippen molar-refractivity contribution in [1.29, 1.82) is 0 Å². The van der Waals surface area contributed by atoms with Crippen LogP contribution >= 0.6 is 0 Å². The second-order valence-electron chi connectivity index (χ2n) is 6.62. The van der Waals surface area contributed by atoms with Crippen molar-refractivity contribution in [2.24, 2.45) is 0 Å². The fourth-order valence-corrected chi connectivity index (χ4v) is 3.33. The van der Waals surface area contributed by atoms with E-state index in [1.165, 1.54) is 4.90 Å². The smallest absolute Gasteiger partial charge is 0.415 e. The standard InChI is InChI=1S/C23H20N2O3/c26-22-21(15-17-9-3-1-4-10-17)25(20-14-8-7-13-19(20)24-22)23(27)28-16-18-11-5-2-6-12-18/h1-14,21H,15-16H2,(H,24,26). The Hall–Kier alpha value is -3.60. The molecule has 1 unspecified atom stereocenters. The Morgan fingerprint density at radius 1 is 0.857 bits per heavy atom. The minimum Gasteiger partial charge on any atom is -0.444 e. The van der Waals surface area contributed by atoms with Crippen LogP contribution in [-0.2, 0) is 22.6 Å². The van der Waals surface area contributed by atoms with Gasteiger partial charge in [-0.15, -0.1) is 0 Å². The molecular weight excluding hydrogens is 352 g/mol. The van der Waals surface area contributed by atoms with E-state index in [0.29, 0.717) is 17.8 Å². The van der Waals surface area contributed by atoms with Gasteiger partial charge >= 0.3 is 6.09 Å². The molecule has 2 amide bonds. The van der Waals surface area contributed by atoms with Crippen molar-refractivity contribution < 1.29 is 14.3 Å². The van der Waals surface area contributed by atoms with E-state index in [-0.39, 0.29) is 12.5 Å². The fourth-order valence-electron chi connectivity index (χ4n) is 3.33. The average Bonchev–Trinajstić information content (AvgIpc) is 2.74. The van der Waals surface area contributed by atoms with Crippen LogP contribution in [0.15, 0.2) is 84.9 Å². The van der Waals surface area contributed by atoms with Gasteiger partial charge in [-0.05, 0) is 23.3 Å². The molecule has 28 heavy (non-hydrogen) atoms. The third-order valence-corrected chi connectivity index (χ3v) is 4.71. The highest BCUT2D eigenvalue weighted by Crippen LogP contribution is 2.33. The Balaban J connectivity index is 1.62. The van der Waals surface area contributed by atoms with Crippen LogP contribution in [0, 0.1) is 0 Å². The molecule has 5 nitrogen and oxygen atoms in total. The molecule has 3 aromatic carbocycles. The molecule has 1 N–H and O–H groups in total. The van der Waals surface area contributed by atoms with E-state index >= 15 is 0 Å². The summed E-state index contributed by atoms with van der Waals surface area (Å²) in [5.74, 6) is -0.223. The van der Waals surface area contributed by atoms with Crippen molar-refractivity contribution in [2.45, 2.75) is 19.1 Å². The van der Waals surface area contributed by atoms with E-state index < -0.39 is 12.1 Å². The van der Waals surface area contributed by atoms with E-state index in [1.807, 2.05) is 78.9 Å². The predicted octanol–water partition coefficient (Wildman–Crippen LogP) is 4.39. The lowest BCUT2D eigenvalue weighted by molar-refractivity contribution is -0.117. The number of amides is 2. The molecule has 0 saturated heterocycles. The monoisotopic (exact) mass is 372 g/mol. The Labute approximate surface area is 163 Å². The Morgan fingerprint density at radius 3 is 2.18 bits per heavy atom. The number of rotatable bonds is 4. The van der Waals surface area contributed by atoms with Gasteiger partial charge in [0.2, 0.25) is 5.91 Å². The molecule has 5 heteroatoms. The van der Waals surface area contributed by atoms with Crippen molar-refractivity contribution in [3.63, 3.8) is 0 Å². The zero-order chi connectivity index (χ0) is 19.3. The summed E-state index contributed by atoms with van der Waals surface area (Å²) >= 11 is 0. The molecule has 0 saturated carbocycles. The number of para-hydroxylation sites is 2. The van der Waals surface area contributed by atoms with Crippen LogP contribution in [0.25, 0.3) is 0 Å². The highest BCUT2D eigenvalue weighted by molar-refractivity contribution is 6.10. The van der Waals surface area contributed by atoms with Crippen LogP contribution in [-0.4, -0.2) is 18.0 Å². The van der Waals surface area contributed by atoms with E-state index in [1.54, 1.807) is 6.07 Å². The molecule has 140 valence electrons. The number of anilines is 2. The summed E-state index contributed by atoms with van der Waals surface area (Å²) in [6, 6.07) is 25.7. The summed E-state index contributed by atoms with van der Waals surface area (Å²) in [6.45, 7) is 0.151. The number of benzene rings is 3. The molecular formula is C23H20N2O3. The lowest BCUT2D eigenvalue weighted by Crippen LogP contribution is -2.52. The first-order valence-electron chi connectivity index (χ1n) is 9.16. The summed E-state index contributed by atoms with van der Waals surface area (Å²) in [5, 5.41) is 2.90. The quantitative estimate of drug-likeness (QED) is 0.739. The van der Waals surface area contributed by atoms with Crippen molar-refractivity contribution in [3.05, 3.63) is 96.1 Å². The van der Waals surface area contributed by atoms with Gasteiger partial charge in [-0.1, -0.05) is 72.8 Å². The van der Waals surface area contributed by atoms with Crippen LogP contribution in [0.5, 0.6) is 0 Å². The summed E-state index contributed by atoms with van der Waals surface area (Å²) in [4.78, 5) is 27.3. The fraction of sp³-hybridized carbons (Fsp3) is 0.130. The minimum absolute atomic E-state index is 0.151. The van der Waals surface area contributed by atoms with Gasteiger partial charge in [0.15, 0.2) is 0 Å². The number of carbonyl (C=O) groups is 2. The van der Waals surface area contributed by atoms with Gasteiger partial charge in [0.1, 0.15) is 12.6 Å². The zero-order valence-electron chi connectivity index (χ0n) is 15.2. The highest BCUT2D eigenvalue weighted by atomic mass is 16.6. The van der Waals surface area contributed by atoms with Gasteiger partial charge in [0.25, 0.3) is 0 Å². The number of nitrogens with zero attached hydrogens (tertiary/aromatic N) is 1.